The molecule has 164 valence electrons. The van der Waals surface area contributed by atoms with Gasteiger partial charge in [0, 0.05) is 17.5 Å². The first-order valence-corrected chi connectivity index (χ1v) is 11.7. The lowest BCUT2D eigenvalue weighted by Gasteiger charge is -2.08. The highest BCUT2D eigenvalue weighted by Crippen LogP contribution is 2.25. The van der Waals surface area contributed by atoms with Gasteiger partial charge >= 0.3 is 0 Å². The van der Waals surface area contributed by atoms with Crippen LogP contribution in [-0.4, -0.2) is 31.4 Å². The molecule has 4 aromatic rings. The van der Waals surface area contributed by atoms with Crippen LogP contribution >= 0.6 is 23.1 Å². The highest BCUT2D eigenvalue weighted by molar-refractivity contribution is 7.99. The molecule has 4 rings (SSSR count). The number of ether oxygens (including phenoxy) is 1. The smallest absolute Gasteiger partial charge is 0.236 e. The average Bonchev–Trinajstić information content (AvgIpc) is 3.44. The van der Waals surface area contributed by atoms with E-state index in [1.807, 2.05) is 47.2 Å². The number of anilines is 1. The Bertz CT molecular complexity index is 1180. The first kappa shape index (κ1) is 22.0. The highest BCUT2D eigenvalue weighted by atomic mass is 32.2. The van der Waals surface area contributed by atoms with Gasteiger partial charge < -0.3 is 14.6 Å². The van der Waals surface area contributed by atoms with Crippen molar-refractivity contribution in [3.8, 4) is 17.0 Å². The van der Waals surface area contributed by atoms with E-state index in [0.717, 1.165) is 11.3 Å². The summed E-state index contributed by atoms with van der Waals surface area (Å²) in [6.07, 6.45) is 0. The normalized spacial score (nSPS) is 10.8. The van der Waals surface area contributed by atoms with Crippen LogP contribution in [0.5, 0.6) is 5.75 Å². The Morgan fingerprint density at radius 3 is 2.69 bits per heavy atom. The van der Waals surface area contributed by atoms with Gasteiger partial charge in [0.15, 0.2) is 16.1 Å². The second-order valence-corrected chi connectivity index (χ2v) is 8.43. The summed E-state index contributed by atoms with van der Waals surface area (Å²) in [7, 11) is 0. The number of hydrogen-bond acceptors (Lipinski definition) is 7. The Labute approximate surface area is 192 Å². The van der Waals surface area contributed by atoms with E-state index in [4.69, 9.17) is 4.74 Å². The number of halogens is 1. The van der Waals surface area contributed by atoms with Gasteiger partial charge in [-0.1, -0.05) is 42.1 Å². The molecule has 2 aromatic carbocycles. The van der Waals surface area contributed by atoms with Crippen LogP contribution in [0.4, 0.5) is 9.52 Å². The molecule has 0 atom stereocenters. The van der Waals surface area contributed by atoms with Crippen molar-refractivity contribution in [2.45, 2.75) is 25.2 Å². The van der Waals surface area contributed by atoms with Gasteiger partial charge in [-0.15, -0.1) is 21.5 Å². The molecule has 0 aliphatic rings. The second-order valence-electron chi connectivity index (χ2n) is 6.63. The molecule has 0 aliphatic heterocycles. The fraction of sp³-hybridized carbons (Fsp3) is 0.182. The molecule has 0 aliphatic carbocycles. The number of hydrogen-bond donors (Lipinski definition) is 1. The highest BCUT2D eigenvalue weighted by Gasteiger charge is 2.15. The molecule has 0 unspecified atom stereocenters. The lowest BCUT2D eigenvalue weighted by molar-refractivity contribution is -0.113. The van der Waals surface area contributed by atoms with Crippen molar-refractivity contribution in [1.82, 2.24) is 19.7 Å². The van der Waals surface area contributed by atoms with Gasteiger partial charge in [0.2, 0.25) is 5.91 Å². The van der Waals surface area contributed by atoms with Crippen LogP contribution < -0.4 is 10.1 Å². The van der Waals surface area contributed by atoms with Crippen LogP contribution in [-0.2, 0) is 17.9 Å². The first-order chi connectivity index (χ1) is 15.6. The number of rotatable bonds is 9. The van der Waals surface area contributed by atoms with Crippen molar-refractivity contribution in [2.24, 2.45) is 0 Å². The van der Waals surface area contributed by atoms with Gasteiger partial charge in [-0.05, 0) is 31.2 Å². The Morgan fingerprint density at radius 1 is 1.16 bits per heavy atom. The quantitative estimate of drug-likeness (QED) is 0.352. The minimum absolute atomic E-state index is 0.168. The molecule has 1 amide bonds. The number of carbonyl (C=O) groups is 1. The number of amides is 1. The van der Waals surface area contributed by atoms with E-state index in [0.29, 0.717) is 28.4 Å². The molecule has 7 nitrogen and oxygen atoms in total. The lowest BCUT2D eigenvalue weighted by atomic mass is 10.2. The molecule has 32 heavy (non-hydrogen) atoms. The summed E-state index contributed by atoms with van der Waals surface area (Å²) in [5.41, 5.74) is 1.83. The molecule has 0 saturated carbocycles. The number of thioether (sulfide) groups is 1. The van der Waals surface area contributed by atoms with Crippen LogP contribution in [0.3, 0.4) is 0 Å². The lowest BCUT2D eigenvalue weighted by Crippen LogP contribution is -2.14. The Balaban J connectivity index is 1.32. The van der Waals surface area contributed by atoms with Crippen LogP contribution in [0.25, 0.3) is 11.3 Å². The van der Waals surface area contributed by atoms with Gasteiger partial charge in [0.1, 0.15) is 18.2 Å². The van der Waals surface area contributed by atoms with E-state index in [2.05, 4.69) is 20.5 Å². The van der Waals surface area contributed by atoms with Crippen molar-refractivity contribution in [2.75, 3.05) is 11.1 Å². The topological polar surface area (TPSA) is 81.9 Å². The second kappa shape index (κ2) is 10.4. The number of benzene rings is 2. The summed E-state index contributed by atoms with van der Waals surface area (Å²) < 4.78 is 20.6. The van der Waals surface area contributed by atoms with Gasteiger partial charge in [-0.3, -0.25) is 4.79 Å². The Morgan fingerprint density at radius 2 is 1.94 bits per heavy atom. The minimum atomic E-state index is -0.319. The number of thiazole rings is 1. The van der Waals surface area contributed by atoms with Crippen LogP contribution in [0.15, 0.2) is 65.1 Å². The zero-order valence-electron chi connectivity index (χ0n) is 17.2. The third-order valence-corrected chi connectivity index (χ3v) is 6.17. The van der Waals surface area contributed by atoms with Crippen molar-refractivity contribution >= 4 is 34.1 Å². The standard InChI is InChI=1S/C22H20FN5O2S2/c1-2-28-19(12-30-17-10-8-16(23)9-11-17)26-27-22(28)32-14-20(29)25-21-24-18(13-31-21)15-6-4-3-5-7-15/h3-11,13H,2,12,14H2,1H3,(H,24,25,29). The third kappa shape index (κ3) is 5.51. The number of aromatic nitrogens is 4. The molecule has 0 bridgehead atoms. The number of nitrogens with one attached hydrogen (secondary N) is 1. The maximum atomic E-state index is 13.0. The molecular weight excluding hydrogens is 449 g/mol. The maximum Gasteiger partial charge on any atom is 0.236 e. The number of nitrogens with zero attached hydrogens (tertiary/aromatic N) is 4. The van der Waals surface area contributed by atoms with Crippen molar-refractivity contribution in [1.29, 1.82) is 0 Å². The molecule has 0 radical (unpaired) electrons. The van der Waals surface area contributed by atoms with Gasteiger partial charge in [-0.2, -0.15) is 0 Å². The summed E-state index contributed by atoms with van der Waals surface area (Å²) in [4.78, 5) is 16.9. The van der Waals surface area contributed by atoms with Gasteiger partial charge in [0.25, 0.3) is 0 Å². The number of carbonyl (C=O) groups excluding carboxylic acids is 1. The zero-order chi connectivity index (χ0) is 22.3. The fourth-order valence-electron chi connectivity index (χ4n) is 2.89. The molecule has 0 fully saturated rings. The maximum absolute atomic E-state index is 13.0. The predicted molar refractivity (Wildman–Crippen MR) is 123 cm³/mol. The summed E-state index contributed by atoms with van der Waals surface area (Å²) >= 11 is 2.68. The summed E-state index contributed by atoms with van der Waals surface area (Å²) in [5.74, 6) is 0.868. The van der Waals surface area contributed by atoms with Crippen molar-refractivity contribution in [3.63, 3.8) is 0 Å². The Hall–Kier alpha value is -3.24. The van der Waals surface area contributed by atoms with E-state index >= 15 is 0 Å². The molecule has 2 heterocycles. The van der Waals surface area contributed by atoms with Crippen LogP contribution in [0.2, 0.25) is 0 Å². The van der Waals surface area contributed by atoms with E-state index in [-0.39, 0.29) is 24.1 Å². The molecule has 10 heteroatoms. The molecule has 1 N–H and O–H groups in total. The first-order valence-electron chi connectivity index (χ1n) is 9.86. The predicted octanol–water partition coefficient (Wildman–Crippen LogP) is 4.87. The third-order valence-electron chi connectivity index (χ3n) is 4.44. The summed E-state index contributed by atoms with van der Waals surface area (Å²) in [6, 6.07) is 15.6. The zero-order valence-corrected chi connectivity index (χ0v) is 18.8. The Kier molecular flexibility index (Phi) is 7.13. The van der Waals surface area contributed by atoms with Crippen molar-refractivity contribution in [3.05, 3.63) is 71.6 Å². The van der Waals surface area contributed by atoms with Gasteiger partial charge in [-0.25, -0.2) is 9.37 Å². The monoisotopic (exact) mass is 469 g/mol. The average molecular weight is 470 g/mol. The molecule has 0 saturated heterocycles. The van der Waals surface area contributed by atoms with E-state index in [1.54, 1.807) is 12.1 Å². The van der Waals surface area contributed by atoms with E-state index in [1.165, 1.54) is 35.2 Å². The summed E-state index contributed by atoms with van der Waals surface area (Å²) in [5, 5.41) is 14.3. The van der Waals surface area contributed by atoms with E-state index in [9.17, 15) is 9.18 Å². The SMILES string of the molecule is CCn1c(COc2ccc(F)cc2)nnc1SCC(=O)Nc1nc(-c2ccccc2)cs1. The fourth-order valence-corrected chi connectivity index (χ4v) is 4.44. The van der Waals surface area contributed by atoms with Crippen LogP contribution in [0.1, 0.15) is 12.7 Å². The minimum Gasteiger partial charge on any atom is -0.486 e. The van der Waals surface area contributed by atoms with Crippen LogP contribution in [0, 0.1) is 5.82 Å². The molecule has 2 aromatic heterocycles. The largest absolute Gasteiger partial charge is 0.486 e. The van der Waals surface area contributed by atoms with Crippen molar-refractivity contribution < 1.29 is 13.9 Å². The summed E-state index contributed by atoms with van der Waals surface area (Å²) in [6.45, 7) is 2.79. The molecular formula is C22H20FN5O2S2. The van der Waals surface area contributed by atoms with Gasteiger partial charge in [0.05, 0.1) is 11.4 Å². The molecule has 0 spiro atoms. The van der Waals surface area contributed by atoms with E-state index < -0.39 is 0 Å².